The number of hydrogen-bond donors (Lipinski definition) is 2. The van der Waals surface area contributed by atoms with E-state index in [0.29, 0.717) is 19.1 Å². The first kappa shape index (κ1) is 25.1. The highest BCUT2D eigenvalue weighted by Crippen LogP contribution is 2.21. The predicted molar refractivity (Wildman–Crippen MR) is 132 cm³/mol. The molecule has 1 aromatic carbocycles. The van der Waals surface area contributed by atoms with Crippen molar-refractivity contribution >= 4 is 35.8 Å². The molecule has 1 saturated heterocycles. The van der Waals surface area contributed by atoms with Crippen LogP contribution in [0.2, 0.25) is 0 Å². The van der Waals surface area contributed by atoms with Gasteiger partial charge in [-0.25, -0.2) is 9.37 Å². The van der Waals surface area contributed by atoms with Gasteiger partial charge in [0.1, 0.15) is 5.82 Å². The van der Waals surface area contributed by atoms with Gasteiger partial charge in [0.25, 0.3) is 0 Å². The minimum Gasteiger partial charge on any atom is -0.494 e. The molecule has 1 aliphatic rings. The normalized spacial score (nSPS) is 17.5. The summed E-state index contributed by atoms with van der Waals surface area (Å²) in [5, 5.41) is 6.60. The number of pyridine rings is 1. The molecule has 1 fully saturated rings. The number of nitrogens with one attached hydrogen (secondary N) is 2. The van der Waals surface area contributed by atoms with Gasteiger partial charge in [-0.3, -0.25) is 4.99 Å². The molecule has 2 atom stereocenters. The Morgan fingerprint density at radius 3 is 2.87 bits per heavy atom. The summed E-state index contributed by atoms with van der Waals surface area (Å²) >= 11 is 0. The molecule has 0 radical (unpaired) electrons. The summed E-state index contributed by atoms with van der Waals surface area (Å²) in [7, 11) is 3.17. The zero-order valence-electron chi connectivity index (χ0n) is 18.4. The van der Waals surface area contributed by atoms with Crippen molar-refractivity contribution < 1.29 is 13.9 Å². The Balaban J connectivity index is 0.00000341. The predicted octanol–water partition coefficient (Wildman–Crippen LogP) is 3.50. The van der Waals surface area contributed by atoms with Gasteiger partial charge in [-0.1, -0.05) is 6.07 Å². The fourth-order valence-corrected chi connectivity index (χ4v) is 3.39. The Bertz CT molecular complexity index is 883. The monoisotopic (exact) mass is 543 g/mol. The molecular formula is C22H31FIN5O2. The van der Waals surface area contributed by atoms with Crippen LogP contribution < -0.4 is 20.3 Å². The molecule has 2 unspecified atom stereocenters. The number of nitrogens with zero attached hydrogens (tertiary/aromatic N) is 3. The van der Waals surface area contributed by atoms with Crippen molar-refractivity contribution in [3.63, 3.8) is 0 Å². The van der Waals surface area contributed by atoms with Gasteiger partial charge in [0.2, 0.25) is 0 Å². The average molecular weight is 543 g/mol. The van der Waals surface area contributed by atoms with E-state index >= 15 is 0 Å². The van der Waals surface area contributed by atoms with Crippen molar-refractivity contribution in [2.45, 2.75) is 32.5 Å². The Morgan fingerprint density at radius 2 is 2.19 bits per heavy atom. The average Bonchev–Trinajstić information content (AvgIpc) is 2.76. The van der Waals surface area contributed by atoms with E-state index in [1.165, 1.54) is 13.2 Å². The second-order valence-corrected chi connectivity index (χ2v) is 7.34. The van der Waals surface area contributed by atoms with E-state index < -0.39 is 0 Å². The maximum atomic E-state index is 14.0. The number of aliphatic imine (C=N–C) groups is 1. The first-order valence-electron chi connectivity index (χ1n) is 10.1. The number of benzene rings is 1. The SMILES string of the molecule is CN=C(NCc1ccnc(N2CCOC(C)C2)c1)NC(C)c1ccc(OC)c(F)c1.I. The fraction of sp³-hybridized carbons (Fsp3) is 0.455. The lowest BCUT2D eigenvalue weighted by atomic mass is 10.1. The topological polar surface area (TPSA) is 71.0 Å². The number of aromatic nitrogens is 1. The summed E-state index contributed by atoms with van der Waals surface area (Å²) in [5.74, 6) is 1.44. The standard InChI is InChI=1S/C22H30FN5O2.HI/c1-15-14-28(9-10-30-15)21-11-17(7-8-25-21)13-26-22(24-3)27-16(2)18-5-6-20(29-4)19(23)12-18;/h5-8,11-12,15-16H,9-10,13-14H2,1-4H3,(H2,24,26,27);1H. The van der Waals surface area contributed by atoms with E-state index in [2.05, 4.69) is 38.5 Å². The molecule has 0 amide bonds. The zero-order valence-corrected chi connectivity index (χ0v) is 20.7. The maximum Gasteiger partial charge on any atom is 0.191 e. The van der Waals surface area contributed by atoms with E-state index in [0.717, 1.165) is 30.0 Å². The Morgan fingerprint density at radius 1 is 1.39 bits per heavy atom. The molecule has 1 aliphatic heterocycles. The molecule has 0 bridgehead atoms. The van der Waals surface area contributed by atoms with E-state index in [9.17, 15) is 4.39 Å². The van der Waals surface area contributed by atoms with Crippen molar-refractivity contribution in [1.29, 1.82) is 0 Å². The maximum absolute atomic E-state index is 14.0. The molecule has 2 N–H and O–H groups in total. The largest absolute Gasteiger partial charge is 0.494 e. The number of guanidine groups is 1. The van der Waals surface area contributed by atoms with Crippen LogP contribution in [-0.4, -0.2) is 50.9 Å². The number of ether oxygens (including phenoxy) is 2. The second kappa shape index (κ2) is 12.0. The van der Waals surface area contributed by atoms with Crippen molar-refractivity contribution in [1.82, 2.24) is 15.6 Å². The molecule has 0 spiro atoms. The van der Waals surface area contributed by atoms with Crippen molar-refractivity contribution in [2.75, 3.05) is 38.8 Å². The molecule has 1 aromatic heterocycles. The van der Waals surface area contributed by atoms with Gasteiger partial charge < -0.3 is 25.0 Å². The molecule has 3 rings (SSSR count). The van der Waals surface area contributed by atoms with E-state index in [4.69, 9.17) is 9.47 Å². The van der Waals surface area contributed by atoms with Crippen molar-refractivity contribution in [3.05, 3.63) is 53.5 Å². The summed E-state index contributed by atoms with van der Waals surface area (Å²) in [6.45, 7) is 7.02. The van der Waals surface area contributed by atoms with Crippen LogP contribution in [0.3, 0.4) is 0 Å². The van der Waals surface area contributed by atoms with Gasteiger partial charge in [-0.2, -0.15) is 0 Å². The third kappa shape index (κ3) is 6.93. The Hall–Kier alpha value is -2.14. The van der Waals surface area contributed by atoms with Gasteiger partial charge in [0, 0.05) is 32.9 Å². The minimum atomic E-state index is -0.381. The molecule has 9 heteroatoms. The first-order valence-corrected chi connectivity index (χ1v) is 10.1. The van der Waals surface area contributed by atoms with Crippen LogP contribution in [0.4, 0.5) is 10.2 Å². The van der Waals surface area contributed by atoms with Crippen LogP contribution in [0.25, 0.3) is 0 Å². The highest BCUT2D eigenvalue weighted by molar-refractivity contribution is 14.0. The number of halogens is 2. The molecule has 0 saturated carbocycles. The summed E-state index contributed by atoms with van der Waals surface area (Å²) in [6, 6.07) is 8.88. The zero-order chi connectivity index (χ0) is 21.5. The van der Waals surface area contributed by atoms with Gasteiger partial charge in [0.15, 0.2) is 17.5 Å². The Labute approximate surface area is 200 Å². The van der Waals surface area contributed by atoms with Crippen molar-refractivity contribution in [2.24, 2.45) is 4.99 Å². The summed E-state index contributed by atoms with van der Waals surface area (Å²) < 4.78 is 24.6. The van der Waals surface area contributed by atoms with Crippen LogP contribution in [0, 0.1) is 5.82 Å². The highest BCUT2D eigenvalue weighted by atomic mass is 127. The smallest absolute Gasteiger partial charge is 0.191 e. The summed E-state index contributed by atoms with van der Waals surface area (Å²) in [4.78, 5) is 11.0. The molecule has 31 heavy (non-hydrogen) atoms. The van der Waals surface area contributed by atoms with Gasteiger partial charge in [-0.15, -0.1) is 24.0 Å². The Kier molecular flexibility index (Phi) is 9.76. The molecule has 2 aromatic rings. The summed E-state index contributed by atoms with van der Waals surface area (Å²) in [5.41, 5.74) is 1.91. The lowest BCUT2D eigenvalue weighted by molar-refractivity contribution is 0.0529. The summed E-state index contributed by atoms with van der Waals surface area (Å²) in [6.07, 6.45) is 2.03. The first-order chi connectivity index (χ1) is 14.5. The number of methoxy groups -OCH3 is 1. The number of hydrogen-bond acceptors (Lipinski definition) is 5. The van der Waals surface area contributed by atoms with Crippen LogP contribution in [0.15, 0.2) is 41.5 Å². The molecule has 170 valence electrons. The van der Waals surface area contributed by atoms with Gasteiger partial charge in [-0.05, 0) is 49.2 Å². The van der Waals surface area contributed by atoms with Crippen LogP contribution in [0.1, 0.15) is 31.0 Å². The lowest BCUT2D eigenvalue weighted by Crippen LogP contribution is -2.41. The van der Waals surface area contributed by atoms with Crippen LogP contribution in [0.5, 0.6) is 5.75 Å². The molecular weight excluding hydrogens is 512 g/mol. The van der Waals surface area contributed by atoms with E-state index in [1.54, 1.807) is 13.1 Å². The molecule has 2 heterocycles. The van der Waals surface area contributed by atoms with E-state index in [-0.39, 0.29) is 47.7 Å². The second-order valence-electron chi connectivity index (χ2n) is 7.34. The van der Waals surface area contributed by atoms with E-state index in [1.807, 2.05) is 25.3 Å². The number of morpholine rings is 1. The third-order valence-corrected chi connectivity index (χ3v) is 5.09. The lowest BCUT2D eigenvalue weighted by Gasteiger charge is -2.32. The van der Waals surface area contributed by atoms with Gasteiger partial charge in [0.05, 0.1) is 25.9 Å². The number of rotatable bonds is 6. The molecule has 7 nitrogen and oxygen atoms in total. The third-order valence-electron chi connectivity index (χ3n) is 5.09. The quantitative estimate of drug-likeness (QED) is 0.331. The minimum absolute atomic E-state index is 0. The fourth-order valence-electron chi connectivity index (χ4n) is 3.39. The van der Waals surface area contributed by atoms with Gasteiger partial charge >= 0.3 is 0 Å². The highest BCUT2D eigenvalue weighted by Gasteiger charge is 2.18. The molecule has 0 aliphatic carbocycles. The van der Waals surface area contributed by atoms with Crippen molar-refractivity contribution in [3.8, 4) is 5.75 Å². The number of anilines is 1. The van der Waals surface area contributed by atoms with Crippen LogP contribution in [-0.2, 0) is 11.3 Å². The van der Waals surface area contributed by atoms with Crippen LogP contribution >= 0.6 is 24.0 Å².